The van der Waals surface area contributed by atoms with Crippen molar-refractivity contribution in [2.75, 3.05) is 13.4 Å². The predicted molar refractivity (Wildman–Crippen MR) is 32.2 cm³/mol. The van der Waals surface area contributed by atoms with E-state index >= 15 is 0 Å². The number of hydrogen-bond acceptors (Lipinski definition) is 2. The normalized spacial score (nSPS) is 10.5. The first kappa shape index (κ1) is 7.92. The van der Waals surface area contributed by atoms with E-state index in [1.807, 2.05) is 20.8 Å². The zero-order chi connectivity index (χ0) is 6.41. The van der Waals surface area contributed by atoms with Gasteiger partial charge in [0.15, 0.2) is 0 Å². The van der Waals surface area contributed by atoms with Crippen LogP contribution in [0.5, 0.6) is 0 Å². The first-order chi connectivity index (χ1) is 3.77. The maximum absolute atomic E-state index is 4.98. The van der Waals surface area contributed by atoms with Crippen molar-refractivity contribution in [1.29, 1.82) is 0 Å². The van der Waals surface area contributed by atoms with E-state index in [4.69, 9.17) is 9.47 Å². The average Bonchev–Trinajstić information content (AvgIpc) is 1.66. The summed E-state index contributed by atoms with van der Waals surface area (Å²) in [5, 5.41) is 0. The molecule has 0 fully saturated rings. The van der Waals surface area contributed by atoms with Gasteiger partial charge in [-0.1, -0.05) is 0 Å². The highest BCUT2D eigenvalue weighted by atomic mass is 16.7. The Morgan fingerprint density at radius 2 is 2.00 bits per heavy atom. The molecule has 0 rings (SSSR count). The topological polar surface area (TPSA) is 18.5 Å². The van der Waals surface area contributed by atoms with Crippen molar-refractivity contribution in [1.82, 2.24) is 0 Å². The standard InChI is InChI=1S/C6H13O2/c1-4-7-5-8-6(2)3/h4-5H2,1-3H3. The lowest BCUT2D eigenvalue weighted by Gasteiger charge is -2.04. The van der Waals surface area contributed by atoms with Crippen LogP contribution in [0.2, 0.25) is 0 Å². The van der Waals surface area contributed by atoms with Crippen LogP contribution in [-0.2, 0) is 9.47 Å². The number of ether oxygens (including phenoxy) is 2. The highest BCUT2D eigenvalue weighted by molar-refractivity contribution is 4.57. The van der Waals surface area contributed by atoms with Crippen LogP contribution in [0.25, 0.3) is 0 Å². The van der Waals surface area contributed by atoms with Gasteiger partial charge in [-0.05, 0) is 20.8 Å². The van der Waals surface area contributed by atoms with Crippen molar-refractivity contribution >= 4 is 0 Å². The Labute approximate surface area is 50.8 Å². The first-order valence-electron chi connectivity index (χ1n) is 2.78. The van der Waals surface area contributed by atoms with Crippen LogP contribution >= 0.6 is 0 Å². The van der Waals surface area contributed by atoms with Gasteiger partial charge in [0.25, 0.3) is 0 Å². The maximum atomic E-state index is 4.98. The van der Waals surface area contributed by atoms with Gasteiger partial charge in [-0.2, -0.15) is 0 Å². The van der Waals surface area contributed by atoms with Crippen LogP contribution in [-0.4, -0.2) is 13.4 Å². The molecule has 0 saturated heterocycles. The molecule has 49 valence electrons. The number of hydrogen-bond donors (Lipinski definition) is 0. The third kappa shape index (κ3) is 5.92. The molecule has 0 bridgehead atoms. The predicted octanol–water partition coefficient (Wildman–Crippen LogP) is 1.57. The average molecular weight is 117 g/mol. The third-order valence-corrected chi connectivity index (χ3v) is 0.635. The van der Waals surface area contributed by atoms with Crippen LogP contribution in [0.15, 0.2) is 0 Å². The highest BCUT2D eigenvalue weighted by Gasteiger charge is 1.90. The van der Waals surface area contributed by atoms with Crippen LogP contribution in [0, 0.1) is 6.10 Å². The van der Waals surface area contributed by atoms with E-state index in [0.29, 0.717) is 13.4 Å². The van der Waals surface area contributed by atoms with E-state index in [1.165, 1.54) is 0 Å². The van der Waals surface area contributed by atoms with Gasteiger partial charge in [-0.25, -0.2) is 0 Å². The van der Waals surface area contributed by atoms with Crippen molar-refractivity contribution in [2.45, 2.75) is 20.8 Å². The second-order valence-electron chi connectivity index (χ2n) is 1.66. The Morgan fingerprint density at radius 1 is 1.38 bits per heavy atom. The van der Waals surface area contributed by atoms with Gasteiger partial charge in [-0.3, -0.25) is 0 Å². The van der Waals surface area contributed by atoms with Crippen molar-refractivity contribution in [2.24, 2.45) is 0 Å². The van der Waals surface area contributed by atoms with E-state index in [1.54, 1.807) is 0 Å². The van der Waals surface area contributed by atoms with Gasteiger partial charge < -0.3 is 9.47 Å². The zero-order valence-corrected chi connectivity index (χ0v) is 5.73. The van der Waals surface area contributed by atoms with Gasteiger partial charge >= 0.3 is 0 Å². The third-order valence-electron chi connectivity index (χ3n) is 0.635. The molecule has 0 N–H and O–H groups in total. The summed E-state index contributed by atoms with van der Waals surface area (Å²) < 4.78 is 9.88. The molecule has 0 aromatic carbocycles. The molecule has 0 aromatic rings. The molecule has 0 aromatic heterocycles. The summed E-state index contributed by atoms with van der Waals surface area (Å²) in [7, 11) is 0. The molecular formula is C6H13O2. The van der Waals surface area contributed by atoms with Gasteiger partial charge in [-0.15, -0.1) is 0 Å². The second kappa shape index (κ2) is 5.06. The van der Waals surface area contributed by atoms with Crippen LogP contribution in [0.4, 0.5) is 0 Å². The van der Waals surface area contributed by atoms with Crippen molar-refractivity contribution in [3.63, 3.8) is 0 Å². The summed E-state index contributed by atoms with van der Waals surface area (Å²) in [6.45, 7) is 6.85. The summed E-state index contributed by atoms with van der Waals surface area (Å²) in [6.07, 6.45) is 0.943. The minimum Gasteiger partial charge on any atom is -0.356 e. The van der Waals surface area contributed by atoms with Crippen LogP contribution in [0.1, 0.15) is 20.8 Å². The molecule has 0 saturated carbocycles. The Kier molecular flexibility index (Phi) is 5.01. The SMILES string of the molecule is CCOCO[C](C)C. The van der Waals surface area contributed by atoms with E-state index in [0.717, 1.165) is 6.10 Å². The molecule has 0 amide bonds. The summed E-state index contributed by atoms with van der Waals surface area (Å²) in [4.78, 5) is 0. The first-order valence-corrected chi connectivity index (χ1v) is 2.78. The Morgan fingerprint density at radius 3 is 2.38 bits per heavy atom. The molecule has 1 radical (unpaired) electrons. The monoisotopic (exact) mass is 117 g/mol. The lowest BCUT2D eigenvalue weighted by atomic mass is 10.5. The zero-order valence-electron chi connectivity index (χ0n) is 5.73. The molecule has 2 nitrogen and oxygen atoms in total. The molecule has 0 heterocycles. The van der Waals surface area contributed by atoms with Crippen molar-refractivity contribution in [3.8, 4) is 0 Å². The fourth-order valence-corrected chi connectivity index (χ4v) is 0.243. The Hall–Kier alpha value is -0.0800. The van der Waals surface area contributed by atoms with Gasteiger partial charge in [0.05, 0.1) is 6.10 Å². The van der Waals surface area contributed by atoms with Gasteiger partial charge in [0, 0.05) is 6.61 Å². The Bertz CT molecular complexity index is 43.8. The fraction of sp³-hybridized carbons (Fsp3) is 0.833. The van der Waals surface area contributed by atoms with Crippen LogP contribution < -0.4 is 0 Å². The molecule has 0 aliphatic heterocycles. The van der Waals surface area contributed by atoms with Gasteiger partial charge in [0.1, 0.15) is 6.79 Å². The van der Waals surface area contributed by atoms with E-state index < -0.39 is 0 Å². The smallest absolute Gasteiger partial charge is 0.147 e. The second-order valence-corrected chi connectivity index (χ2v) is 1.66. The molecule has 0 aliphatic rings. The molecule has 0 spiro atoms. The van der Waals surface area contributed by atoms with Crippen LogP contribution in [0.3, 0.4) is 0 Å². The van der Waals surface area contributed by atoms with Crippen molar-refractivity contribution in [3.05, 3.63) is 6.10 Å². The molecule has 8 heavy (non-hydrogen) atoms. The van der Waals surface area contributed by atoms with Crippen molar-refractivity contribution < 1.29 is 9.47 Å². The van der Waals surface area contributed by atoms with E-state index in [9.17, 15) is 0 Å². The van der Waals surface area contributed by atoms with Gasteiger partial charge in [0.2, 0.25) is 0 Å². The molecule has 0 unspecified atom stereocenters. The molecule has 2 heteroatoms. The fourth-order valence-electron chi connectivity index (χ4n) is 0.243. The minimum atomic E-state index is 0.388. The summed E-state index contributed by atoms with van der Waals surface area (Å²) in [6, 6.07) is 0. The lowest BCUT2D eigenvalue weighted by molar-refractivity contribution is -0.0389. The highest BCUT2D eigenvalue weighted by Crippen LogP contribution is 1.95. The minimum absolute atomic E-state index is 0.388. The Balaban J connectivity index is 2.72. The quantitative estimate of drug-likeness (QED) is 0.411. The summed E-state index contributed by atoms with van der Waals surface area (Å²) in [5.41, 5.74) is 0. The van der Waals surface area contributed by atoms with E-state index in [-0.39, 0.29) is 0 Å². The lowest BCUT2D eigenvalue weighted by Crippen LogP contribution is -2.00. The number of rotatable bonds is 4. The maximum Gasteiger partial charge on any atom is 0.147 e. The molecule has 0 atom stereocenters. The molecular weight excluding hydrogens is 104 g/mol. The largest absolute Gasteiger partial charge is 0.356 e. The summed E-state index contributed by atoms with van der Waals surface area (Å²) in [5.74, 6) is 0. The molecule has 0 aliphatic carbocycles. The summed E-state index contributed by atoms with van der Waals surface area (Å²) >= 11 is 0. The van der Waals surface area contributed by atoms with E-state index in [2.05, 4.69) is 0 Å².